The second-order valence-corrected chi connectivity index (χ2v) is 13.2. The summed E-state index contributed by atoms with van der Waals surface area (Å²) in [5, 5.41) is 117. The van der Waals surface area contributed by atoms with Crippen LogP contribution in [0.25, 0.3) is 0 Å². The van der Waals surface area contributed by atoms with Gasteiger partial charge in [-0.3, -0.25) is 4.79 Å². The van der Waals surface area contributed by atoms with Crippen molar-refractivity contribution in [1.29, 1.82) is 0 Å². The van der Waals surface area contributed by atoms with Gasteiger partial charge in [0.2, 0.25) is 5.91 Å². The van der Waals surface area contributed by atoms with Gasteiger partial charge in [-0.1, -0.05) is 0 Å². The van der Waals surface area contributed by atoms with Crippen LogP contribution in [0.5, 0.6) is 0 Å². The largest absolute Gasteiger partial charge is 0.479 e. The van der Waals surface area contributed by atoms with Crippen molar-refractivity contribution in [2.24, 2.45) is 22.9 Å². The van der Waals surface area contributed by atoms with E-state index in [0.29, 0.717) is 0 Å². The van der Waals surface area contributed by atoms with Gasteiger partial charge in [-0.25, -0.2) is 4.79 Å². The maximum atomic E-state index is 12.8. The Morgan fingerprint density at radius 1 is 0.712 bits per heavy atom. The van der Waals surface area contributed by atoms with Gasteiger partial charge < -0.3 is 113 Å². The number of carbonyl (C=O) groups excluding carboxylic acids is 1. The highest BCUT2D eigenvalue weighted by Crippen LogP contribution is 2.34. The maximum Gasteiger partial charge on any atom is 0.335 e. The Labute approximate surface area is 295 Å². The summed E-state index contributed by atoms with van der Waals surface area (Å²) in [6.07, 6.45) is -32.5. The van der Waals surface area contributed by atoms with Gasteiger partial charge in [0.15, 0.2) is 25.0 Å². The zero-order valence-electron chi connectivity index (χ0n) is 27.7. The average Bonchev–Trinajstić information content (AvgIpc) is 3.10. The lowest BCUT2D eigenvalue weighted by molar-refractivity contribution is -0.364. The number of carbonyl (C=O) groups is 2. The lowest BCUT2D eigenvalue weighted by Gasteiger charge is -2.49. The van der Waals surface area contributed by atoms with E-state index in [9.17, 15) is 65.8 Å². The predicted octanol–water partition coefficient (Wildman–Crippen LogP) is -10.5. The van der Waals surface area contributed by atoms with E-state index in [0.717, 1.165) is 0 Å². The quantitative estimate of drug-likeness (QED) is 0.0828. The first kappa shape index (κ1) is 42.9. The molecule has 3 saturated heterocycles. The molecule has 1 aliphatic carbocycles. The summed E-state index contributed by atoms with van der Waals surface area (Å²) in [4.78, 5) is 24.4. The van der Waals surface area contributed by atoms with Crippen LogP contribution >= 0.6 is 0 Å². The molecule has 0 bridgehead atoms. The molecule has 0 aromatic heterocycles. The predicted molar refractivity (Wildman–Crippen MR) is 165 cm³/mol. The lowest BCUT2D eigenvalue weighted by Crippen LogP contribution is -2.70. The molecule has 3 aliphatic heterocycles. The summed E-state index contributed by atoms with van der Waals surface area (Å²) in [5.41, 5.74) is 23.5. The third-order valence-electron chi connectivity index (χ3n) is 9.59. The Kier molecular flexibility index (Phi) is 15.0. The van der Waals surface area contributed by atoms with E-state index < -0.39 is 154 Å². The first-order valence-electron chi connectivity index (χ1n) is 16.6. The maximum absolute atomic E-state index is 12.8. The lowest BCUT2D eigenvalue weighted by atomic mass is 9.83. The fraction of sp³-hybridized carbons (Fsp3) is 0.929. The number of hydrogen-bond acceptors (Lipinski definition) is 22. The molecular formula is C28H51N5O19. The molecule has 0 spiro atoms. The molecule has 0 aromatic carbocycles. The molecule has 5 unspecified atom stereocenters. The Bertz CT molecular complexity index is 1180. The van der Waals surface area contributed by atoms with Crippen molar-refractivity contribution in [3.63, 3.8) is 0 Å². The molecule has 21 atom stereocenters. The topological polar surface area (TPSA) is 428 Å². The van der Waals surface area contributed by atoms with Crippen molar-refractivity contribution in [3.05, 3.63) is 0 Å². The molecule has 0 aromatic rings. The second kappa shape index (κ2) is 18.2. The molecule has 302 valence electrons. The highest BCUT2D eigenvalue weighted by Gasteiger charge is 2.55. The van der Waals surface area contributed by atoms with E-state index >= 15 is 0 Å². The number of aliphatic carboxylic acids is 1. The Morgan fingerprint density at radius 2 is 1.29 bits per heavy atom. The first-order valence-corrected chi connectivity index (χ1v) is 16.6. The molecule has 4 rings (SSSR count). The Balaban J connectivity index is 1.58. The number of aliphatic hydroxyl groups excluding tert-OH is 10. The first-order chi connectivity index (χ1) is 24.5. The van der Waals surface area contributed by atoms with E-state index in [1.165, 1.54) is 0 Å². The average molecular weight is 762 g/mol. The molecular weight excluding hydrogens is 710 g/mol. The molecule has 1 amide bonds. The normalized spacial score (nSPS) is 47.8. The van der Waals surface area contributed by atoms with Crippen molar-refractivity contribution >= 4 is 11.9 Å². The van der Waals surface area contributed by atoms with Gasteiger partial charge in [-0.15, -0.1) is 0 Å². The smallest absolute Gasteiger partial charge is 0.335 e. The van der Waals surface area contributed by atoms with Crippen LogP contribution in [0, 0.1) is 0 Å². The molecule has 4 fully saturated rings. The van der Waals surface area contributed by atoms with Gasteiger partial charge in [-0.2, -0.15) is 0 Å². The highest BCUT2D eigenvalue weighted by atomic mass is 16.7. The minimum atomic E-state index is -2.08. The monoisotopic (exact) mass is 761 g/mol. The minimum Gasteiger partial charge on any atom is -0.479 e. The number of carboxylic acid groups (broad SMARTS) is 1. The van der Waals surface area contributed by atoms with E-state index in [2.05, 4.69) is 5.32 Å². The number of ether oxygens (including phenoxy) is 6. The van der Waals surface area contributed by atoms with Crippen LogP contribution < -0.4 is 28.3 Å². The Morgan fingerprint density at radius 3 is 1.88 bits per heavy atom. The summed E-state index contributed by atoms with van der Waals surface area (Å²) in [7, 11) is 0. The van der Waals surface area contributed by atoms with Crippen LogP contribution in [-0.4, -0.2) is 216 Å². The van der Waals surface area contributed by atoms with Gasteiger partial charge >= 0.3 is 5.97 Å². The zero-order chi connectivity index (χ0) is 38.8. The van der Waals surface area contributed by atoms with Crippen molar-refractivity contribution < 1.29 is 94.2 Å². The van der Waals surface area contributed by atoms with Gasteiger partial charge in [-0.05, 0) is 19.4 Å². The number of rotatable bonds is 13. The van der Waals surface area contributed by atoms with Crippen molar-refractivity contribution in [3.8, 4) is 0 Å². The fourth-order valence-electron chi connectivity index (χ4n) is 6.53. The fourth-order valence-corrected chi connectivity index (χ4v) is 6.53. The number of nitrogens with one attached hydrogen (secondary N) is 1. The summed E-state index contributed by atoms with van der Waals surface area (Å²) >= 11 is 0. The molecule has 1 saturated carbocycles. The number of hydrogen-bond donors (Lipinski definition) is 16. The minimum absolute atomic E-state index is 0.0521. The van der Waals surface area contributed by atoms with Crippen molar-refractivity contribution in [2.45, 2.75) is 141 Å². The summed E-state index contributed by atoms with van der Waals surface area (Å²) in [6.45, 7) is -1.23. The van der Waals surface area contributed by atoms with Crippen LogP contribution in [0.3, 0.4) is 0 Å². The zero-order valence-corrected chi connectivity index (χ0v) is 27.7. The highest BCUT2D eigenvalue weighted by molar-refractivity contribution is 5.80. The van der Waals surface area contributed by atoms with E-state index in [1.54, 1.807) is 0 Å². The van der Waals surface area contributed by atoms with E-state index in [1.807, 2.05) is 0 Å². The SMILES string of the molecule is NCC[C@H](O)C(=O)N[C@@H]1C[C@H](N)[C@@H](O[C@H]2O[C@H](CN)[C@@H](O)[C@H](OC3OC(C(=O)O)C(O)C(O)C3O)[C@H]2O)[C@H](O)[C@H]1O[C@H]1O[C@H](CO)[C@@H](O)[C@H](N)[C@H]1O. The number of amides is 1. The van der Waals surface area contributed by atoms with Crippen LogP contribution in [0.15, 0.2) is 0 Å². The van der Waals surface area contributed by atoms with Crippen LogP contribution in [0.2, 0.25) is 0 Å². The van der Waals surface area contributed by atoms with Crippen LogP contribution in [0.4, 0.5) is 0 Å². The molecule has 24 nitrogen and oxygen atoms in total. The number of carboxylic acids is 1. The van der Waals surface area contributed by atoms with E-state index in [4.69, 9.17) is 51.4 Å². The van der Waals surface area contributed by atoms with E-state index in [-0.39, 0.29) is 19.4 Å². The molecule has 52 heavy (non-hydrogen) atoms. The molecule has 20 N–H and O–H groups in total. The molecule has 0 radical (unpaired) electrons. The Hall–Kier alpha value is -1.86. The van der Waals surface area contributed by atoms with Crippen molar-refractivity contribution in [2.75, 3.05) is 19.7 Å². The van der Waals surface area contributed by atoms with Crippen molar-refractivity contribution in [1.82, 2.24) is 5.32 Å². The number of aliphatic hydroxyl groups is 10. The van der Waals surface area contributed by atoms with Gasteiger partial charge in [0.25, 0.3) is 0 Å². The summed E-state index contributed by atoms with van der Waals surface area (Å²) in [6, 6.07) is -3.83. The third kappa shape index (κ3) is 8.98. The van der Waals surface area contributed by atoms with Crippen LogP contribution in [-0.2, 0) is 38.0 Å². The third-order valence-corrected chi connectivity index (χ3v) is 9.59. The standard InChI is InChI=1S/C28H51N5O19/c29-2-1-8(35)24(44)33-7-3-6(31)20(18(42)21(7)50-26-14(38)11(32)12(36)10(5-34)48-26)49-28-19(43)22(13(37)9(4-30)47-28)51-27-17(41)15(39)16(40)23(52-27)25(45)46/h6-23,26-28,34-43H,1-5,29-32H2,(H,33,44)(H,45,46)/t6-,7+,8-,9+,10+,11-,12+,13+,14+,15?,16?,17?,18-,19+,20+,21-,22-,23?,26+,27?,28+/m0/s1. The van der Waals surface area contributed by atoms with Crippen LogP contribution in [0.1, 0.15) is 12.8 Å². The second-order valence-electron chi connectivity index (χ2n) is 13.2. The van der Waals surface area contributed by atoms with Gasteiger partial charge in [0.05, 0.1) is 18.7 Å². The molecule has 3 heterocycles. The summed E-state index contributed by atoms with van der Waals surface area (Å²) < 4.78 is 33.6. The van der Waals surface area contributed by atoms with Gasteiger partial charge in [0, 0.05) is 12.6 Å². The van der Waals surface area contributed by atoms with Gasteiger partial charge in [0.1, 0.15) is 85.5 Å². The summed E-state index contributed by atoms with van der Waals surface area (Å²) in [5.74, 6) is -2.65. The molecule has 4 aliphatic rings. The molecule has 24 heteroatoms. The number of nitrogens with two attached hydrogens (primary N) is 4.